The molecule has 2 N–H and O–H groups in total. The summed E-state index contributed by atoms with van der Waals surface area (Å²) in [5.41, 5.74) is 1.21. The number of rotatable bonds is 3. The number of H-pyrrole nitrogens is 1. The molecule has 0 atom stereocenters. The number of benzene rings is 1. The second-order valence-corrected chi connectivity index (χ2v) is 3.89. The zero-order valence-electron chi connectivity index (χ0n) is 9.15. The maximum absolute atomic E-state index is 12.9. The van der Waals surface area contributed by atoms with Crippen molar-refractivity contribution in [3.63, 3.8) is 0 Å². The van der Waals surface area contributed by atoms with E-state index in [1.165, 1.54) is 30.5 Å². The summed E-state index contributed by atoms with van der Waals surface area (Å²) in [6.45, 7) is 0. The molecule has 0 aliphatic rings. The van der Waals surface area contributed by atoms with Crippen molar-refractivity contribution in [2.75, 3.05) is 5.32 Å². The first-order valence-corrected chi connectivity index (χ1v) is 5.46. The van der Waals surface area contributed by atoms with Crippen LogP contribution in [-0.2, 0) is 4.79 Å². The molecule has 0 aliphatic carbocycles. The molecule has 2 rings (SSSR count). The highest BCUT2D eigenvalue weighted by Gasteiger charge is 2.00. The fourth-order valence-electron chi connectivity index (χ4n) is 1.29. The molecule has 6 heteroatoms. The van der Waals surface area contributed by atoms with Gasteiger partial charge in [-0.25, -0.2) is 4.39 Å². The number of hydrogen-bond donors (Lipinski definition) is 2. The average molecular weight is 266 g/mol. The first-order chi connectivity index (χ1) is 8.65. The highest BCUT2D eigenvalue weighted by molar-refractivity contribution is 6.30. The molecule has 0 saturated carbocycles. The number of carbonyl (C=O) groups is 1. The quantitative estimate of drug-likeness (QED) is 0.839. The fraction of sp³-hybridized carbons (Fsp3) is 0. The van der Waals surface area contributed by atoms with Crippen LogP contribution in [0.15, 0.2) is 36.7 Å². The summed E-state index contributed by atoms with van der Waals surface area (Å²) in [6.07, 6.45) is 5.91. The van der Waals surface area contributed by atoms with Crippen molar-refractivity contribution in [3.8, 4) is 0 Å². The Labute approximate surface area is 107 Å². The van der Waals surface area contributed by atoms with Crippen molar-refractivity contribution < 1.29 is 9.18 Å². The molecule has 0 saturated heterocycles. The van der Waals surface area contributed by atoms with Crippen LogP contribution in [0.5, 0.6) is 0 Å². The van der Waals surface area contributed by atoms with Gasteiger partial charge in [0.05, 0.1) is 16.9 Å². The molecule has 4 nitrogen and oxygen atoms in total. The van der Waals surface area contributed by atoms with Crippen LogP contribution in [-0.4, -0.2) is 16.1 Å². The summed E-state index contributed by atoms with van der Waals surface area (Å²) in [5.74, 6) is -0.798. The number of nitrogens with one attached hydrogen (secondary N) is 2. The van der Waals surface area contributed by atoms with E-state index in [0.29, 0.717) is 11.3 Å². The number of nitrogens with zero attached hydrogens (tertiary/aromatic N) is 1. The van der Waals surface area contributed by atoms with Gasteiger partial charge in [0.25, 0.3) is 0 Å². The van der Waals surface area contributed by atoms with E-state index in [-0.39, 0.29) is 10.9 Å². The number of anilines is 1. The molecular formula is C12H9ClFN3O. The van der Waals surface area contributed by atoms with E-state index >= 15 is 0 Å². The molecule has 18 heavy (non-hydrogen) atoms. The highest BCUT2D eigenvalue weighted by Crippen LogP contribution is 2.16. The lowest BCUT2D eigenvalue weighted by molar-refractivity contribution is -0.111. The van der Waals surface area contributed by atoms with Gasteiger partial charge < -0.3 is 5.32 Å². The summed E-state index contributed by atoms with van der Waals surface area (Å²) in [4.78, 5) is 11.5. The Hall–Kier alpha value is -2.14. The van der Waals surface area contributed by atoms with Gasteiger partial charge in [-0.3, -0.25) is 9.89 Å². The second-order valence-electron chi connectivity index (χ2n) is 3.48. The first-order valence-electron chi connectivity index (χ1n) is 5.08. The lowest BCUT2D eigenvalue weighted by atomic mass is 10.2. The summed E-state index contributed by atoms with van der Waals surface area (Å²) in [6, 6.07) is 4.22. The van der Waals surface area contributed by atoms with Gasteiger partial charge in [0, 0.05) is 12.3 Å². The topological polar surface area (TPSA) is 57.8 Å². The molecule has 92 valence electrons. The van der Waals surface area contributed by atoms with Crippen molar-refractivity contribution >= 4 is 29.3 Å². The number of amides is 1. The maximum Gasteiger partial charge on any atom is 0.248 e. The minimum absolute atomic E-state index is 0.0207. The minimum Gasteiger partial charge on any atom is -0.320 e. The number of aromatic nitrogens is 2. The van der Waals surface area contributed by atoms with Gasteiger partial charge in [0.15, 0.2) is 0 Å². The molecule has 1 aromatic carbocycles. The number of hydrogen-bond acceptors (Lipinski definition) is 2. The lowest BCUT2D eigenvalue weighted by Crippen LogP contribution is -2.06. The Morgan fingerprint density at radius 3 is 3.00 bits per heavy atom. The third-order valence-electron chi connectivity index (χ3n) is 2.14. The average Bonchev–Trinajstić information content (AvgIpc) is 2.83. The molecule has 2 aromatic rings. The third-order valence-corrected chi connectivity index (χ3v) is 2.43. The van der Waals surface area contributed by atoms with Gasteiger partial charge in [-0.2, -0.15) is 5.10 Å². The molecule has 0 aliphatic heterocycles. The summed E-state index contributed by atoms with van der Waals surface area (Å²) in [7, 11) is 0. The molecule has 0 unspecified atom stereocenters. The zero-order chi connectivity index (χ0) is 13.0. The van der Waals surface area contributed by atoms with Gasteiger partial charge in [-0.05, 0) is 23.8 Å². The van der Waals surface area contributed by atoms with Crippen molar-refractivity contribution in [1.29, 1.82) is 0 Å². The Morgan fingerprint density at radius 2 is 2.33 bits per heavy atom. The molecule has 1 aromatic heterocycles. The summed E-state index contributed by atoms with van der Waals surface area (Å²) < 4.78 is 12.9. The lowest BCUT2D eigenvalue weighted by Gasteiger charge is -1.98. The predicted molar refractivity (Wildman–Crippen MR) is 67.7 cm³/mol. The first kappa shape index (κ1) is 12.3. The van der Waals surface area contributed by atoms with Crippen LogP contribution in [0.1, 0.15) is 5.56 Å². The van der Waals surface area contributed by atoms with Gasteiger partial charge in [-0.1, -0.05) is 17.7 Å². The maximum atomic E-state index is 12.9. The van der Waals surface area contributed by atoms with E-state index in [0.717, 1.165) is 0 Å². The Bertz CT molecular complexity index is 581. The summed E-state index contributed by atoms with van der Waals surface area (Å²) >= 11 is 5.62. The van der Waals surface area contributed by atoms with Gasteiger partial charge in [-0.15, -0.1) is 0 Å². The standard InChI is InChI=1S/C12H9ClFN3O/c13-10-5-8(1-3-11(10)14)2-4-12(18)17-9-6-15-16-7-9/h1-7H,(H,15,16)(H,17,18)/b4-2+. The van der Waals surface area contributed by atoms with Gasteiger partial charge in [0.1, 0.15) is 5.82 Å². The zero-order valence-corrected chi connectivity index (χ0v) is 9.91. The van der Waals surface area contributed by atoms with Crippen LogP contribution in [0, 0.1) is 5.82 Å². The molecule has 1 amide bonds. The predicted octanol–water partition coefficient (Wildman–Crippen LogP) is 2.85. The van der Waals surface area contributed by atoms with Crippen LogP contribution in [0.25, 0.3) is 6.08 Å². The number of carbonyl (C=O) groups excluding carboxylic acids is 1. The van der Waals surface area contributed by atoms with E-state index in [1.807, 2.05) is 0 Å². The van der Waals surface area contributed by atoms with Gasteiger partial charge in [0.2, 0.25) is 5.91 Å². The van der Waals surface area contributed by atoms with Crippen molar-refractivity contribution in [1.82, 2.24) is 10.2 Å². The Balaban J connectivity index is 2.01. The van der Waals surface area contributed by atoms with Crippen molar-refractivity contribution in [3.05, 3.63) is 53.1 Å². The molecule has 1 heterocycles. The molecular weight excluding hydrogens is 257 g/mol. The fourth-order valence-corrected chi connectivity index (χ4v) is 1.48. The minimum atomic E-state index is -0.489. The van der Waals surface area contributed by atoms with Crippen molar-refractivity contribution in [2.45, 2.75) is 0 Å². The van der Waals surface area contributed by atoms with Gasteiger partial charge >= 0.3 is 0 Å². The van der Waals surface area contributed by atoms with E-state index in [4.69, 9.17) is 11.6 Å². The molecule has 0 bridgehead atoms. The normalized spacial score (nSPS) is 10.8. The molecule has 0 radical (unpaired) electrons. The highest BCUT2D eigenvalue weighted by atomic mass is 35.5. The monoisotopic (exact) mass is 265 g/mol. The van der Waals surface area contributed by atoms with Crippen LogP contribution in [0.4, 0.5) is 10.1 Å². The second kappa shape index (κ2) is 5.46. The Morgan fingerprint density at radius 1 is 1.50 bits per heavy atom. The number of aromatic amines is 1. The van der Waals surface area contributed by atoms with Crippen molar-refractivity contribution in [2.24, 2.45) is 0 Å². The third kappa shape index (κ3) is 3.18. The van der Waals surface area contributed by atoms with E-state index in [1.54, 1.807) is 12.3 Å². The Kier molecular flexibility index (Phi) is 3.74. The van der Waals surface area contributed by atoms with Crippen LogP contribution in [0.3, 0.4) is 0 Å². The van der Waals surface area contributed by atoms with Crippen LogP contribution in [0.2, 0.25) is 5.02 Å². The smallest absolute Gasteiger partial charge is 0.248 e. The van der Waals surface area contributed by atoms with E-state index in [2.05, 4.69) is 15.5 Å². The van der Waals surface area contributed by atoms with E-state index < -0.39 is 5.82 Å². The largest absolute Gasteiger partial charge is 0.320 e. The van der Waals surface area contributed by atoms with Crippen LogP contribution >= 0.6 is 11.6 Å². The summed E-state index contributed by atoms with van der Waals surface area (Å²) in [5, 5.41) is 8.88. The molecule has 0 spiro atoms. The number of halogens is 2. The van der Waals surface area contributed by atoms with Crippen LogP contribution < -0.4 is 5.32 Å². The molecule has 0 fully saturated rings. The SMILES string of the molecule is O=C(/C=C/c1ccc(F)c(Cl)c1)Nc1cn[nH]c1. The van der Waals surface area contributed by atoms with E-state index in [9.17, 15) is 9.18 Å².